The van der Waals surface area contributed by atoms with Gasteiger partial charge in [-0.05, 0) is 56.4 Å². The van der Waals surface area contributed by atoms with Gasteiger partial charge in [0.25, 0.3) is 10.0 Å². The zero-order valence-electron chi connectivity index (χ0n) is 13.2. The van der Waals surface area contributed by atoms with Gasteiger partial charge < -0.3 is 9.67 Å². The third-order valence-electron chi connectivity index (χ3n) is 4.13. The molecule has 1 aliphatic carbocycles. The number of imidazole rings is 1. The topological polar surface area (TPSA) is 84.2 Å². The molecule has 23 heavy (non-hydrogen) atoms. The molecule has 2 N–H and O–H groups in total. The van der Waals surface area contributed by atoms with Gasteiger partial charge in [-0.2, -0.15) is 8.42 Å². The highest BCUT2D eigenvalue weighted by Crippen LogP contribution is 2.31. The maximum atomic E-state index is 12.4. The van der Waals surface area contributed by atoms with Crippen LogP contribution in [-0.4, -0.2) is 23.1 Å². The van der Waals surface area contributed by atoms with Gasteiger partial charge in [0.05, 0.1) is 12.4 Å². The van der Waals surface area contributed by atoms with E-state index < -0.39 is 16.1 Å². The van der Waals surface area contributed by atoms with Crippen LogP contribution in [0.2, 0.25) is 0 Å². The highest BCUT2D eigenvalue weighted by atomic mass is 32.2. The number of fused-ring (bicyclic) bond motifs is 1. The lowest BCUT2D eigenvalue weighted by Crippen LogP contribution is -2.15. The van der Waals surface area contributed by atoms with E-state index in [1.807, 2.05) is 13.8 Å². The van der Waals surface area contributed by atoms with Crippen molar-refractivity contribution in [2.45, 2.75) is 50.3 Å². The highest BCUT2D eigenvalue weighted by Gasteiger charge is 2.21. The van der Waals surface area contributed by atoms with Crippen molar-refractivity contribution in [3.63, 3.8) is 0 Å². The van der Waals surface area contributed by atoms with Crippen LogP contribution in [0.5, 0.6) is 0 Å². The Morgan fingerprint density at radius 3 is 2.87 bits per heavy atom. The van der Waals surface area contributed by atoms with Crippen molar-refractivity contribution in [3.05, 3.63) is 41.9 Å². The third kappa shape index (κ3) is 3.25. The predicted molar refractivity (Wildman–Crippen MR) is 87.8 cm³/mol. The van der Waals surface area contributed by atoms with E-state index in [2.05, 4.69) is 9.71 Å². The number of aliphatic hydroxyl groups is 1. The lowest BCUT2D eigenvalue weighted by atomic mass is 9.89. The molecule has 2 aromatic rings. The largest absolute Gasteiger partial charge is 0.388 e. The van der Waals surface area contributed by atoms with Crippen LogP contribution in [0.3, 0.4) is 0 Å². The number of aliphatic hydroxyl groups excluding tert-OH is 1. The molecule has 7 heteroatoms. The molecule has 0 bridgehead atoms. The van der Waals surface area contributed by atoms with Crippen molar-refractivity contribution in [2.24, 2.45) is 0 Å². The maximum Gasteiger partial charge on any atom is 0.280 e. The van der Waals surface area contributed by atoms with Crippen LogP contribution in [0.1, 0.15) is 50.0 Å². The van der Waals surface area contributed by atoms with Crippen molar-refractivity contribution in [3.8, 4) is 0 Å². The van der Waals surface area contributed by atoms with Crippen LogP contribution in [0, 0.1) is 0 Å². The molecular formula is C16H21N3O3S. The molecule has 1 aromatic carbocycles. The highest BCUT2D eigenvalue weighted by molar-refractivity contribution is 7.92. The number of nitrogens with zero attached hydrogens (tertiary/aromatic N) is 2. The first-order chi connectivity index (χ1) is 10.9. The number of hydrogen-bond donors (Lipinski definition) is 2. The summed E-state index contributed by atoms with van der Waals surface area (Å²) in [5.41, 5.74) is 2.39. The lowest BCUT2D eigenvalue weighted by Gasteiger charge is -2.22. The van der Waals surface area contributed by atoms with Gasteiger partial charge in [0.2, 0.25) is 0 Å². The van der Waals surface area contributed by atoms with Crippen LogP contribution in [0.25, 0.3) is 0 Å². The van der Waals surface area contributed by atoms with Crippen LogP contribution in [-0.2, 0) is 16.4 Å². The summed E-state index contributed by atoms with van der Waals surface area (Å²) in [6.45, 7) is 3.92. The summed E-state index contributed by atoms with van der Waals surface area (Å²) < 4.78 is 29.2. The number of hydrogen-bond acceptors (Lipinski definition) is 4. The Kier molecular flexibility index (Phi) is 4.16. The first kappa shape index (κ1) is 16.0. The molecule has 0 saturated heterocycles. The molecule has 0 fully saturated rings. The Bertz CT molecular complexity index is 812. The van der Waals surface area contributed by atoms with E-state index in [1.165, 1.54) is 12.5 Å². The van der Waals surface area contributed by atoms with Crippen LogP contribution in [0.4, 0.5) is 5.69 Å². The number of rotatable bonds is 4. The normalized spacial score (nSPS) is 18.0. The van der Waals surface area contributed by atoms with E-state index >= 15 is 0 Å². The van der Waals surface area contributed by atoms with Gasteiger partial charge in [-0.25, -0.2) is 4.98 Å². The molecule has 1 unspecified atom stereocenters. The second kappa shape index (κ2) is 5.98. The quantitative estimate of drug-likeness (QED) is 0.899. The third-order valence-corrected chi connectivity index (χ3v) is 5.39. The molecular weight excluding hydrogens is 314 g/mol. The molecule has 1 heterocycles. The molecule has 1 atom stereocenters. The van der Waals surface area contributed by atoms with Gasteiger partial charge in [-0.15, -0.1) is 0 Å². The molecule has 0 amide bonds. The zero-order chi connectivity index (χ0) is 16.6. The molecule has 0 radical (unpaired) electrons. The predicted octanol–water partition coefficient (Wildman–Crippen LogP) is 2.63. The number of aromatic nitrogens is 2. The summed E-state index contributed by atoms with van der Waals surface area (Å²) >= 11 is 0. The summed E-state index contributed by atoms with van der Waals surface area (Å²) in [5.74, 6) is 0. The van der Waals surface area contributed by atoms with Crippen molar-refractivity contribution < 1.29 is 13.5 Å². The number of aryl methyl sites for hydroxylation is 1. The SMILES string of the molecule is CC(C)n1cnc(S(=O)(=O)Nc2ccc3c(c2)CCCC3O)c1. The molecule has 124 valence electrons. The monoisotopic (exact) mass is 335 g/mol. The van der Waals surface area contributed by atoms with Gasteiger partial charge in [-0.3, -0.25) is 4.72 Å². The summed E-state index contributed by atoms with van der Waals surface area (Å²) in [7, 11) is -3.71. The molecule has 3 rings (SSSR count). The first-order valence-electron chi connectivity index (χ1n) is 7.74. The Morgan fingerprint density at radius 2 is 2.17 bits per heavy atom. The second-order valence-corrected chi connectivity index (χ2v) is 7.81. The van der Waals surface area contributed by atoms with E-state index in [4.69, 9.17) is 0 Å². The fourth-order valence-electron chi connectivity index (χ4n) is 2.80. The van der Waals surface area contributed by atoms with Gasteiger partial charge in [-0.1, -0.05) is 6.07 Å². The fraction of sp³-hybridized carbons (Fsp3) is 0.438. The van der Waals surface area contributed by atoms with Gasteiger partial charge in [0, 0.05) is 17.9 Å². The molecule has 0 saturated carbocycles. The molecule has 0 aliphatic heterocycles. The minimum atomic E-state index is -3.71. The second-order valence-electron chi connectivity index (χ2n) is 6.18. The summed E-state index contributed by atoms with van der Waals surface area (Å²) in [5, 5.41) is 9.97. The van der Waals surface area contributed by atoms with Crippen molar-refractivity contribution in [1.82, 2.24) is 9.55 Å². The van der Waals surface area contributed by atoms with Gasteiger partial charge >= 0.3 is 0 Å². The van der Waals surface area contributed by atoms with Crippen LogP contribution in [0.15, 0.2) is 35.7 Å². The smallest absolute Gasteiger partial charge is 0.280 e. The average molecular weight is 335 g/mol. The standard InChI is InChI=1S/C16H21N3O3S/c1-11(2)19-9-16(17-10-19)23(21,22)18-13-6-7-14-12(8-13)4-3-5-15(14)20/h6-11,15,18,20H,3-5H2,1-2H3. The Labute approximate surface area is 136 Å². The molecule has 6 nitrogen and oxygen atoms in total. The average Bonchev–Trinajstić information content (AvgIpc) is 2.98. The summed E-state index contributed by atoms with van der Waals surface area (Å²) in [6.07, 6.45) is 5.10. The number of sulfonamides is 1. The zero-order valence-corrected chi connectivity index (χ0v) is 14.0. The molecule has 0 spiro atoms. The van der Waals surface area contributed by atoms with E-state index in [9.17, 15) is 13.5 Å². The van der Waals surface area contributed by atoms with Crippen molar-refractivity contribution >= 4 is 15.7 Å². The molecule has 1 aliphatic rings. The van der Waals surface area contributed by atoms with Crippen LogP contribution < -0.4 is 4.72 Å². The van der Waals surface area contributed by atoms with Crippen molar-refractivity contribution in [2.75, 3.05) is 4.72 Å². The van der Waals surface area contributed by atoms with E-state index in [0.717, 1.165) is 30.4 Å². The Balaban J connectivity index is 1.85. The minimum Gasteiger partial charge on any atom is -0.388 e. The fourth-order valence-corrected chi connectivity index (χ4v) is 3.79. The van der Waals surface area contributed by atoms with Crippen molar-refractivity contribution in [1.29, 1.82) is 0 Å². The number of benzene rings is 1. The maximum absolute atomic E-state index is 12.4. The number of nitrogens with one attached hydrogen (secondary N) is 1. The van der Waals surface area contributed by atoms with E-state index in [1.54, 1.807) is 22.8 Å². The first-order valence-corrected chi connectivity index (χ1v) is 9.22. The van der Waals surface area contributed by atoms with Gasteiger partial charge in [0.1, 0.15) is 0 Å². The number of anilines is 1. The summed E-state index contributed by atoms with van der Waals surface area (Å²) in [6, 6.07) is 5.43. The Hall–Kier alpha value is -1.86. The van der Waals surface area contributed by atoms with Crippen LogP contribution >= 0.6 is 0 Å². The van der Waals surface area contributed by atoms with E-state index in [0.29, 0.717) is 5.69 Å². The Morgan fingerprint density at radius 1 is 1.39 bits per heavy atom. The lowest BCUT2D eigenvalue weighted by molar-refractivity contribution is 0.156. The molecule has 1 aromatic heterocycles. The van der Waals surface area contributed by atoms with E-state index in [-0.39, 0.29) is 11.1 Å². The van der Waals surface area contributed by atoms with Gasteiger partial charge in [0.15, 0.2) is 5.03 Å². The summed E-state index contributed by atoms with van der Waals surface area (Å²) in [4.78, 5) is 3.98. The minimum absolute atomic E-state index is 0.00366.